The molecule has 16 heavy (non-hydrogen) atoms. The van der Waals surface area contributed by atoms with E-state index in [4.69, 9.17) is 9.47 Å². The van der Waals surface area contributed by atoms with Gasteiger partial charge in [-0.3, -0.25) is 0 Å². The van der Waals surface area contributed by atoms with Gasteiger partial charge < -0.3 is 19.8 Å². The first kappa shape index (κ1) is 13.0. The molecule has 1 rings (SSSR count). The molecular weight excluding hydrogens is 206 g/mol. The molecule has 0 atom stereocenters. The number of nitrogens with zero attached hydrogens (tertiary/aromatic N) is 1. The van der Waals surface area contributed by atoms with Gasteiger partial charge in [-0.05, 0) is 19.8 Å². The van der Waals surface area contributed by atoms with Gasteiger partial charge in [-0.1, -0.05) is 0 Å². The summed E-state index contributed by atoms with van der Waals surface area (Å²) >= 11 is 0. The normalized spacial score (nSPS) is 10.6. The molecule has 1 aromatic heterocycles. The van der Waals surface area contributed by atoms with Gasteiger partial charge in [0.05, 0.1) is 13.2 Å². The second kappa shape index (κ2) is 8.13. The van der Waals surface area contributed by atoms with Crippen molar-refractivity contribution < 1.29 is 9.47 Å². The monoisotopic (exact) mass is 227 g/mol. The van der Waals surface area contributed by atoms with Crippen molar-refractivity contribution in [3.05, 3.63) is 11.9 Å². The summed E-state index contributed by atoms with van der Waals surface area (Å²) in [6.07, 6.45) is 3.94. The Morgan fingerprint density at radius 1 is 1.31 bits per heavy atom. The van der Waals surface area contributed by atoms with Crippen molar-refractivity contribution in [1.82, 2.24) is 9.97 Å². The van der Waals surface area contributed by atoms with Gasteiger partial charge in [-0.2, -0.15) is 0 Å². The smallest absolute Gasteiger partial charge is 0.200 e. The molecule has 1 aromatic rings. The lowest BCUT2D eigenvalue weighted by Crippen LogP contribution is -2.06. The summed E-state index contributed by atoms with van der Waals surface area (Å²) < 4.78 is 10.2. The Bertz CT molecular complexity index is 276. The van der Waals surface area contributed by atoms with Crippen molar-refractivity contribution in [2.24, 2.45) is 0 Å². The SMILES string of the molecule is COCCOCCCCNc1ncc(C)[nH]1. The Morgan fingerprint density at radius 3 is 2.88 bits per heavy atom. The van der Waals surface area contributed by atoms with Gasteiger partial charge in [0.15, 0.2) is 5.95 Å². The Hall–Kier alpha value is -1.07. The first-order valence-corrected chi connectivity index (χ1v) is 5.65. The third kappa shape index (κ3) is 5.72. The quantitative estimate of drug-likeness (QED) is 0.629. The number of imidazole rings is 1. The fourth-order valence-electron chi connectivity index (χ4n) is 1.28. The van der Waals surface area contributed by atoms with Crippen LogP contribution in [0.4, 0.5) is 5.95 Å². The number of aromatic nitrogens is 2. The minimum absolute atomic E-state index is 0.671. The zero-order valence-corrected chi connectivity index (χ0v) is 10.1. The fraction of sp³-hybridized carbons (Fsp3) is 0.727. The number of hydrogen-bond donors (Lipinski definition) is 2. The number of aromatic amines is 1. The molecule has 0 aliphatic heterocycles. The van der Waals surface area contributed by atoms with Crippen LogP contribution in [0, 0.1) is 6.92 Å². The first-order chi connectivity index (χ1) is 7.83. The van der Waals surface area contributed by atoms with E-state index < -0.39 is 0 Å². The Balaban J connectivity index is 1.88. The van der Waals surface area contributed by atoms with Gasteiger partial charge >= 0.3 is 0 Å². The van der Waals surface area contributed by atoms with Crippen LogP contribution < -0.4 is 5.32 Å². The summed E-state index contributed by atoms with van der Waals surface area (Å²) in [7, 11) is 1.68. The largest absolute Gasteiger partial charge is 0.382 e. The maximum Gasteiger partial charge on any atom is 0.200 e. The van der Waals surface area contributed by atoms with Gasteiger partial charge in [0, 0.05) is 32.2 Å². The van der Waals surface area contributed by atoms with Gasteiger partial charge in [0.2, 0.25) is 0 Å². The summed E-state index contributed by atoms with van der Waals surface area (Å²) in [5.74, 6) is 0.845. The second-order valence-corrected chi connectivity index (χ2v) is 3.65. The predicted molar refractivity (Wildman–Crippen MR) is 63.7 cm³/mol. The minimum Gasteiger partial charge on any atom is -0.382 e. The lowest BCUT2D eigenvalue weighted by Gasteiger charge is -2.04. The number of aryl methyl sites for hydroxylation is 1. The molecular formula is C11H21N3O2. The summed E-state index contributed by atoms with van der Waals surface area (Å²) in [6, 6.07) is 0. The van der Waals surface area contributed by atoms with Crippen LogP contribution in [-0.4, -0.2) is 43.4 Å². The molecule has 0 radical (unpaired) electrons. The molecule has 0 aliphatic carbocycles. The average molecular weight is 227 g/mol. The molecule has 0 unspecified atom stereocenters. The Labute approximate surface area is 96.6 Å². The maximum atomic E-state index is 5.35. The van der Waals surface area contributed by atoms with E-state index in [9.17, 15) is 0 Å². The van der Waals surface area contributed by atoms with E-state index in [1.807, 2.05) is 13.1 Å². The molecule has 5 nitrogen and oxygen atoms in total. The summed E-state index contributed by atoms with van der Waals surface area (Å²) in [4.78, 5) is 7.28. The molecule has 0 bridgehead atoms. The van der Waals surface area contributed by atoms with Gasteiger partial charge in [0.25, 0.3) is 0 Å². The number of anilines is 1. The third-order valence-corrected chi connectivity index (χ3v) is 2.14. The van der Waals surface area contributed by atoms with E-state index in [-0.39, 0.29) is 0 Å². The van der Waals surface area contributed by atoms with Crippen LogP contribution >= 0.6 is 0 Å². The van der Waals surface area contributed by atoms with Crippen LogP contribution in [0.5, 0.6) is 0 Å². The van der Waals surface area contributed by atoms with Crippen molar-refractivity contribution in [2.75, 3.05) is 38.8 Å². The van der Waals surface area contributed by atoms with Crippen LogP contribution in [0.3, 0.4) is 0 Å². The molecule has 0 spiro atoms. The number of unbranched alkanes of at least 4 members (excludes halogenated alkanes) is 1. The number of H-pyrrole nitrogens is 1. The van der Waals surface area contributed by atoms with E-state index >= 15 is 0 Å². The highest BCUT2D eigenvalue weighted by molar-refractivity contribution is 5.25. The van der Waals surface area contributed by atoms with Crippen molar-refractivity contribution >= 4 is 5.95 Å². The number of hydrogen-bond acceptors (Lipinski definition) is 4. The molecule has 92 valence electrons. The standard InChI is InChI=1S/C11H21N3O2/c1-10-9-13-11(14-10)12-5-3-4-6-16-8-7-15-2/h9H,3-8H2,1-2H3,(H2,12,13,14). The number of ether oxygens (including phenoxy) is 2. The molecule has 0 fully saturated rings. The van der Waals surface area contributed by atoms with Crippen molar-refractivity contribution in [1.29, 1.82) is 0 Å². The molecule has 0 saturated heterocycles. The van der Waals surface area contributed by atoms with Gasteiger partial charge in [0.1, 0.15) is 0 Å². The zero-order chi connectivity index (χ0) is 11.6. The zero-order valence-electron chi connectivity index (χ0n) is 10.1. The molecule has 5 heteroatoms. The van der Waals surface area contributed by atoms with E-state index in [2.05, 4.69) is 15.3 Å². The summed E-state index contributed by atoms with van der Waals surface area (Å²) in [5.41, 5.74) is 1.07. The topological polar surface area (TPSA) is 59.2 Å². The number of rotatable bonds is 9. The van der Waals surface area contributed by atoms with Crippen molar-refractivity contribution in [3.8, 4) is 0 Å². The van der Waals surface area contributed by atoms with Crippen molar-refractivity contribution in [2.45, 2.75) is 19.8 Å². The van der Waals surface area contributed by atoms with E-state index in [1.54, 1.807) is 7.11 Å². The molecule has 1 heterocycles. The lowest BCUT2D eigenvalue weighted by atomic mass is 10.3. The number of methoxy groups -OCH3 is 1. The highest BCUT2D eigenvalue weighted by atomic mass is 16.5. The highest BCUT2D eigenvalue weighted by Crippen LogP contribution is 2.00. The third-order valence-electron chi connectivity index (χ3n) is 2.14. The van der Waals surface area contributed by atoms with E-state index in [1.165, 1.54) is 0 Å². The first-order valence-electron chi connectivity index (χ1n) is 5.65. The number of nitrogens with one attached hydrogen (secondary N) is 2. The predicted octanol–water partition coefficient (Wildman–Crippen LogP) is 1.57. The van der Waals surface area contributed by atoms with Gasteiger partial charge in [-0.15, -0.1) is 0 Å². The fourth-order valence-corrected chi connectivity index (χ4v) is 1.28. The summed E-state index contributed by atoms with van der Waals surface area (Å²) in [5, 5.41) is 3.22. The van der Waals surface area contributed by atoms with E-state index in [0.29, 0.717) is 13.2 Å². The Morgan fingerprint density at radius 2 is 2.19 bits per heavy atom. The van der Waals surface area contributed by atoms with Crippen LogP contribution in [0.1, 0.15) is 18.5 Å². The van der Waals surface area contributed by atoms with Gasteiger partial charge in [-0.25, -0.2) is 4.98 Å². The molecule has 0 aliphatic rings. The van der Waals surface area contributed by atoms with Crippen molar-refractivity contribution in [3.63, 3.8) is 0 Å². The maximum absolute atomic E-state index is 5.35. The van der Waals surface area contributed by atoms with Crippen LogP contribution in [0.25, 0.3) is 0 Å². The van der Waals surface area contributed by atoms with Crippen LogP contribution in [-0.2, 0) is 9.47 Å². The average Bonchev–Trinajstić information content (AvgIpc) is 2.68. The minimum atomic E-state index is 0.671. The lowest BCUT2D eigenvalue weighted by molar-refractivity contribution is 0.0691. The molecule has 0 saturated carbocycles. The molecule has 0 aromatic carbocycles. The second-order valence-electron chi connectivity index (χ2n) is 3.65. The van der Waals surface area contributed by atoms with Crippen LogP contribution in [0.15, 0.2) is 6.20 Å². The Kier molecular flexibility index (Phi) is 6.60. The van der Waals surface area contributed by atoms with Crippen LogP contribution in [0.2, 0.25) is 0 Å². The molecule has 2 N–H and O–H groups in total. The highest BCUT2D eigenvalue weighted by Gasteiger charge is 1.95. The molecule has 0 amide bonds. The van der Waals surface area contributed by atoms with E-state index in [0.717, 1.165) is 37.6 Å². The summed E-state index contributed by atoms with van der Waals surface area (Å²) in [6.45, 7) is 5.05.